The molecule has 0 aliphatic carbocycles. The molecule has 1 saturated heterocycles. The van der Waals surface area contributed by atoms with E-state index in [4.69, 9.17) is 15.2 Å². The Kier molecular flexibility index (Phi) is 6.24. The fraction of sp³-hybridized carbons (Fsp3) is 0.296. The zero-order chi connectivity index (χ0) is 22.8. The Hall–Kier alpha value is -3.03. The van der Waals surface area contributed by atoms with Crippen LogP contribution in [0.2, 0.25) is 0 Å². The summed E-state index contributed by atoms with van der Waals surface area (Å²) in [6.45, 7) is 3.37. The van der Waals surface area contributed by atoms with Crippen LogP contribution in [0.5, 0.6) is 0 Å². The quantitative estimate of drug-likeness (QED) is 0.459. The van der Waals surface area contributed by atoms with E-state index in [0.29, 0.717) is 13.1 Å². The molecule has 3 N–H and O–H groups in total. The lowest BCUT2D eigenvalue weighted by atomic mass is 9.90. The van der Waals surface area contributed by atoms with Crippen molar-refractivity contribution in [3.63, 3.8) is 0 Å². The van der Waals surface area contributed by atoms with Crippen molar-refractivity contribution in [3.05, 3.63) is 101 Å². The zero-order valence-electron chi connectivity index (χ0n) is 18.7. The van der Waals surface area contributed by atoms with Gasteiger partial charge < -0.3 is 24.9 Å². The average Bonchev–Trinajstić information content (AvgIpc) is 3.28. The number of rotatable bonds is 6. The number of imidazole rings is 1. The molecule has 1 aliphatic heterocycles. The summed E-state index contributed by atoms with van der Waals surface area (Å²) in [6, 6.07) is 24.2. The smallest absolute Gasteiger partial charge is 0.184 e. The second-order valence-electron chi connectivity index (χ2n) is 8.65. The highest BCUT2D eigenvalue weighted by molar-refractivity contribution is 5.74. The molecular formula is C27H29N3O3. The summed E-state index contributed by atoms with van der Waals surface area (Å²) >= 11 is 0. The largest absolute Gasteiger partial charge is 0.392 e. The fourth-order valence-corrected chi connectivity index (χ4v) is 4.49. The highest BCUT2D eigenvalue weighted by atomic mass is 16.7. The lowest BCUT2D eigenvalue weighted by molar-refractivity contribution is -0.276. The number of para-hydroxylation sites is 2. The minimum Gasteiger partial charge on any atom is -0.392 e. The zero-order valence-corrected chi connectivity index (χ0v) is 18.7. The highest BCUT2D eigenvalue weighted by Gasteiger charge is 2.38. The molecule has 5 rings (SSSR count). The predicted octanol–water partition coefficient (Wildman–Crippen LogP) is 4.48. The SMILES string of the molecule is CC1C(Cn2cnc3ccccc32)OC(c2ccc(CN)cc2)OC1c1ccc(CO)cc1. The molecule has 4 unspecified atom stereocenters. The predicted molar refractivity (Wildman–Crippen MR) is 127 cm³/mol. The van der Waals surface area contributed by atoms with Crippen LogP contribution in [0.3, 0.4) is 0 Å². The number of nitrogens with two attached hydrogens (primary N) is 1. The molecule has 1 aliphatic rings. The van der Waals surface area contributed by atoms with Crippen LogP contribution in [0.4, 0.5) is 0 Å². The molecule has 0 amide bonds. The van der Waals surface area contributed by atoms with Gasteiger partial charge in [0.05, 0.1) is 42.7 Å². The van der Waals surface area contributed by atoms with E-state index in [1.54, 1.807) is 0 Å². The van der Waals surface area contributed by atoms with E-state index in [1.807, 2.05) is 73.1 Å². The summed E-state index contributed by atoms with van der Waals surface area (Å²) in [5.74, 6) is 0.103. The first-order valence-electron chi connectivity index (χ1n) is 11.4. The van der Waals surface area contributed by atoms with Crippen LogP contribution in [0.1, 0.15) is 41.6 Å². The van der Waals surface area contributed by atoms with E-state index in [2.05, 4.69) is 22.5 Å². The molecule has 6 heteroatoms. The maximum atomic E-state index is 9.43. The third-order valence-electron chi connectivity index (χ3n) is 6.51. The number of hydrogen-bond donors (Lipinski definition) is 2. The van der Waals surface area contributed by atoms with Gasteiger partial charge in [0.1, 0.15) is 0 Å². The Morgan fingerprint density at radius 1 is 0.909 bits per heavy atom. The first-order valence-corrected chi connectivity index (χ1v) is 11.4. The molecule has 4 atom stereocenters. The Bertz CT molecular complexity index is 1200. The standard InChI is InChI=1S/C27H29N3O3/c1-18-25(15-30-17-29-23-4-2-3-5-24(23)30)32-27(22-12-6-19(14-28)7-13-22)33-26(18)21-10-8-20(16-31)9-11-21/h2-13,17-18,25-27,31H,14-16,28H2,1H3. The maximum Gasteiger partial charge on any atom is 0.184 e. The van der Waals surface area contributed by atoms with Crippen molar-refractivity contribution in [1.29, 1.82) is 0 Å². The summed E-state index contributed by atoms with van der Waals surface area (Å²) in [4.78, 5) is 4.54. The molecule has 33 heavy (non-hydrogen) atoms. The summed E-state index contributed by atoms with van der Waals surface area (Å²) in [7, 11) is 0. The number of ether oxygens (including phenoxy) is 2. The summed E-state index contributed by atoms with van der Waals surface area (Å²) in [5, 5.41) is 9.43. The Morgan fingerprint density at radius 3 is 2.33 bits per heavy atom. The molecule has 4 aromatic rings. The Balaban J connectivity index is 1.47. The van der Waals surface area contributed by atoms with Crippen molar-refractivity contribution >= 4 is 11.0 Å². The first-order chi connectivity index (χ1) is 16.2. The van der Waals surface area contributed by atoms with Gasteiger partial charge >= 0.3 is 0 Å². The van der Waals surface area contributed by atoms with Crippen molar-refractivity contribution < 1.29 is 14.6 Å². The van der Waals surface area contributed by atoms with Crippen molar-refractivity contribution in [1.82, 2.24) is 9.55 Å². The Labute approximate surface area is 193 Å². The van der Waals surface area contributed by atoms with Gasteiger partial charge in [0.25, 0.3) is 0 Å². The van der Waals surface area contributed by atoms with Gasteiger partial charge in [-0.1, -0.05) is 67.6 Å². The molecule has 0 spiro atoms. The molecule has 1 fully saturated rings. The van der Waals surface area contributed by atoms with Crippen molar-refractivity contribution in [3.8, 4) is 0 Å². The minimum absolute atomic E-state index is 0.0247. The second kappa shape index (κ2) is 9.45. The molecule has 3 aromatic carbocycles. The van der Waals surface area contributed by atoms with Crippen LogP contribution in [-0.2, 0) is 29.2 Å². The van der Waals surface area contributed by atoms with Crippen LogP contribution in [0.25, 0.3) is 11.0 Å². The summed E-state index contributed by atoms with van der Waals surface area (Å²) in [6.07, 6.45) is 1.16. The molecule has 2 heterocycles. The van der Waals surface area contributed by atoms with Crippen LogP contribution in [0.15, 0.2) is 79.1 Å². The Morgan fingerprint density at radius 2 is 1.61 bits per heavy atom. The van der Waals surface area contributed by atoms with Gasteiger partial charge in [-0.05, 0) is 28.8 Å². The molecule has 0 saturated carbocycles. The molecular weight excluding hydrogens is 414 g/mol. The number of fused-ring (bicyclic) bond motifs is 1. The van der Waals surface area contributed by atoms with E-state index in [-0.39, 0.29) is 24.7 Å². The van der Waals surface area contributed by atoms with Crippen LogP contribution >= 0.6 is 0 Å². The van der Waals surface area contributed by atoms with E-state index in [0.717, 1.165) is 33.3 Å². The summed E-state index contributed by atoms with van der Waals surface area (Å²) in [5.41, 5.74) is 11.8. The molecule has 1 aromatic heterocycles. The molecule has 6 nitrogen and oxygen atoms in total. The normalized spacial score (nSPS) is 23.1. The van der Waals surface area contributed by atoms with Gasteiger partial charge in [-0.25, -0.2) is 4.98 Å². The van der Waals surface area contributed by atoms with Gasteiger partial charge in [0.15, 0.2) is 6.29 Å². The topological polar surface area (TPSA) is 82.5 Å². The molecule has 0 radical (unpaired) electrons. The third kappa shape index (κ3) is 4.43. The van der Waals surface area contributed by atoms with Gasteiger partial charge in [0.2, 0.25) is 0 Å². The second-order valence-corrected chi connectivity index (χ2v) is 8.65. The lowest BCUT2D eigenvalue weighted by Gasteiger charge is -2.41. The number of aliphatic hydroxyl groups excluding tert-OH is 1. The molecule has 170 valence electrons. The van der Waals surface area contributed by atoms with E-state index >= 15 is 0 Å². The first kappa shape index (κ1) is 21.8. The van der Waals surface area contributed by atoms with Crippen LogP contribution in [0, 0.1) is 5.92 Å². The van der Waals surface area contributed by atoms with E-state index < -0.39 is 6.29 Å². The monoisotopic (exact) mass is 443 g/mol. The number of aromatic nitrogens is 2. The van der Waals surface area contributed by atoms with Gasteiger partial charge in [-0.3, -0.25) is 0 Å². The number of aliphatic hydroxyl groups is 1. The fourth-order valence-electron chi connectivity index (χ4n) is 4.49. The lowest BCUT2D eigenvalue weighted by Crippen LogP contribution is -2.39. The minimum atomic E-state index is -0.490. The van der Waals surface area contributed by atoms with Crippen molar-refractivity contribution in [2.45, 2.75) is 45.1 Å². The van der Waals surface area contributed by atoms with Gasteiger partial charge in [0, 0.05) is 18.0 Å². The van der Waals surface area contributed by atoms with E-state index in [1.165, 1.54) is 0 Å². The summed E-state index contributed by atoms with van der Waals surface area (Å²) < 4.78 is 15.2. The van der Waals surface area contributed by atoms with Crippen LogP contribution in [-0.4, -0.2) is 20.8 Å². The average molecular weight is 444 g/mol. The van der Waals surface area contributed by atoms with Gasteiger partial charge in [-0.2, -0.15) is 0 Å². The number of benzene rings is 3. The molecule has 0 bridgehead atoms. The maximum absolute atomic E-state index is 9.43. The van der Waals surface area contributed by atoms with Gasteiger partial charge in [-0.15, -0.1) is 0 Å². The number of nitrogens with zero attached hydrogens (tertiary/aromatic N) is 2. The van der Waals surface area contributed by atoms with Crippen molar-refractivity contribution in [2.75, 3.05) is 0 Å². The number of hydrogen-bond acceptors (Lipinski definition) is 5. The van der Waals surface area contributed by atoms with Crippen molar-refractivity contribution in [2.24, 2.45) is 11.7 Å². The van der Waals surface area contributed by atoms with E-state index in [9.17, 15) is 5.11 Å². The van der Waals surface area contributed by atoms with Crippen LogP contribution < -0.4 is 5.73 Å². The third-order valence-corrected chi connectivity index (χ3v) is 6.51. The highest BCUT2D eigenvalue weighted by Crippen LogP contribution is 2.42.